The first-order valence-electron chi connectivity index (χ1n) is 13.1. The van der Waals surface area contributed by atoms with Gasteiger partial charge in [0.25, 0.3) is 5.92 Å². The lowest BCUT2D eigenvalue weighted by atomic mass is 10.0. The predicted molar refractivity (Wildman–Crippen MR) is 156 cm³/mol. The number of benzene rings is 1. The molecule has 0 bridgehead atoms. The van der Waals surface area contributed by atoms with Crippen LogP contribution in [0.2, 0.25) is 0 Å². The van der Waals surface area contributed by atoms with Gasteiger partial charge in [0.2, 0.25) is 5.75 Å². The van der Waals surface area contributed by atoms with Gasteiger partial charge in [-0.25, -0.2) is 18.2 Å². The molecule has 0 fully saturated rings. The highest BCUT2D eigenvalue weighted by molar-refractivity contribution is 7.80. The number of rotatable bonds is 10. The summed E-state index contributed by atoms with van der Waals surface area (Å²) < 4.78 is 50.8. The minimum Gasteiger partial charge on any atom is -0.486 e. The summed E-state index contributed by atoms with van der Waals surface area (Å²) in [6.45, 7) is 7.80. The van der Waals surface area contributed by atoms with E-state index in [2.05, 4.69) is 4.98 Å². The van der Waals surface area contributed by atoms with Crippen LogP contribution in [-0.4, -0.2) is 40.0 Å². The summed E-state index contributed by atoms with van der Waals surface area (Å²) in [6.07, 6.45) is 3.81. The fraction of sp³-hybridized carbons (Fsp3) is 0.414. The Balaban J connectivity index is 2.21. The minimum absolute atomic E-state index is 0.0153. The molecule has 0 aliphatic heterocycles. The molecular formula is C29H32F3N5O3S. The van der Waals surface area contributed by atoms with Gasteiger partial charge < -0.3 is 19.3 Å². The molecule has 0 amide bonds. The van der Waals surface area contributed by atoms with Crippen molar-refractivity contribution in [3.8, 4) is 11.8 Å². The highest BCUT2D eigenvalue weighted by Crippen LogP contribution is 2.34. The fourth-order valence-corrected chi connectivity index (χ4v) is 4.69. The lowest BCUT2D eigenvalue weighted by Crippen LogP contribution is -2.54. The third-order valence-electron chi connectivity index (χ3n) is 6.56. The molecule has 0 saturated carbocycles. The average molecular weight is 588 g/mol. The number of carbonyl (C=O) groups is 1. The first-order valence-corrected chi connectivity index (χ1v) is 13.5. The fourth-order valence-electron chi connectivity index (χ4n) is 4.24. The van der Waals surface area contributed by atoms with Crippen molar-refractivity contribution in [2.45, 2.75) is 65.3 Å². The Labute approximate surface area is 242 Å². The third kappa shape index (κ3) is 6.35. The van der Waals surface area contributed by atoms with E-state index >= 15 is 4.39 Å². The second-order valence-corrected chi connectivity index (χ2v) is 10.5. The Kier molecular flexibility index (Phi) is 9.44. The number of aromatic nitrogens is 2. The molecule has 3 rings (SSSR count). The van der Waals surface area contributed by atoms with E-state index < -0.39 is 28.4 Å². The van der Waals surface area contributed by atoms with Crippen molar-refractivity contribution >= 4 is 40.6 Å². The zero-order valence-corrected chi connectivity index (χ0v) is 24.6. The summed E-state index contributed by atoms with van der Waals surface area (Å²) in [4.78, 5) is 32.7. The van der Waals surface area contributed by atoms with Gasteiger partial charge in [-0.1, -0.05) is 20.3 Å². The molecule has 218 valence electrons. The van der Waals surface area contributed by atoms with Gasteiger partial charge in [-0.3, -0.25) is 9.20 Å². The van der Waals surface area contributed by atoms with Gasteiger partial charge in [0.05, 0.1) is 35.2 Å². The number of hydrogen-bond donors (Lipinski definition) is 0. The molecule has 0 unspecified atom stereocenters. The maximum absolute atomic E-state index is 15.5. The van der Waals surface area contributed by atoms with Crippen molar-refractivity contribution in [3.63, 3.8) is 0 Å². The lowest BCUT2D eigenvalue weighted by molar-refractivity contribution is -0.111. The quantitative estimate of drug-likeness (QED) is 0.168. The van der Waals surface area contributed by atoms with E-state index in [1.165, 1.54) is 49.0 Å². The number of unbranched alkanes of at least 4 members (excludes halogenated alkanes) is 1. The summed E-state index contributed by atoms with van der Waals surface area (Å²) in [5.41, 5.74) is -2.32. The van der Waals surface area contributed by atoms with E-state index in [4.69, 9.17) is 17.0 Å². The smallest absolute Gasteiger partial charge is 0.300 e. The molecule has 12 heteroatoms. The molecular weight excluding hydrogens is 555 g/mol. The first-order chi connectivity index (χ1) is 19.2. The van der Waals surface area contributed by atoms with Gasteiger partial charge in [0, 0.05) is 37.5 Å². The summed E-state index contributed by atoms with van der Waals surface area (Å²) in [5.74, 6) is -4.13. The molecule has 0 radical (unpaired) electrons. The van der Waals surface area contributed by atoms with Crippen LogP contribution < -0.4 is 20.1 Å². The number of thiocarbonyl (C=S) groups is 1. The van der Waals surface area contributed by atoms with E-state index in [0.29, 0.717) is 31.7 Å². The van der Waals surface area contributed by atoms with Gasteiger partial charge >= 0.3 is 5.56 Å². The van der Waals surface area contributed by atoms with Crippen LogP contribution in [0.5, 0.6) is 5.75 Å². The molecule has 0 spiro atoms. The van der Waals surface area contributed by atoms with Crippen LogP contribution in [0.3, 0.4) is 0 Å². The molecule has 2 heterocycles. The summed E-state index contributed by atoms with van der Waals surface area (Å²) in [6, 6.07) is 6.69. The van der Waals surface area contributed by atoms with Crippen molar-refractivity contribution in [1.29, 1.82) is 5.26 Å². The van der Waals surface area contributed by atoms with Crippen LogP contribution in [0.25, 0.3) is 5.65 Å². The van der Waals surface area contributed by atoms with Crippen LogP contribution in [0, 0.1) is 17.1 Å². The second kappa shape index (κ2) is 12.3. The maximum Gasteiger partial charge on any atom is 0.300 e. The van der Waals surface area contributed by atoms with Crippen LogP contribution in [-0.2, 0) is 17.1 Å². The van der Waals surface area contributed by atoms with E-state index in [-0.39, 0.29) is 40.1 Å². The zero-order chi connectivity index (χ0) is 30.7. The zero-order valence-electron chi connectivity index (χ0n) is 23.8. The van der Waals surface area contributed by atoms with Gasteiger partial charge in [-0.2, -0.15) is 5.26 Å². The summed E-state index contributed by atoms with van der Waals surface area (Å²) in [5, 5.41) is 9.24. The monoisotopic (exact) mass is 587 g/mol. The number of ether oxygens (including phenoxy) is 1. The van der Waals surface area contributed by atoms with E-state index in [1.807, 2.05) is 6.92 Å². The number of nitriles is 1. The normalized spacial score (nSPS) is 11.7. The van der Waals surface area contributed by atoms with Crippen LogP contribution in [0.15, 0.2) is 35.3 Å². The SMILES string of the molecule is CCCCOc1c(CC)nc2c(F)cc(N(C(=S)N(C)c3ccc(C#N)c(C(C)(F)F)c3)C(C)(C)C=O)cn2c1=O. The molecule has 41 heavy (non-hydrogen) atoms. The number of aldehydes is 1. The molecule has 1 aromatic carbocycles. The molecule has 0 atom stereocenters. The molecule has 0 saturated heterocycles. The maximum atomic E-state index is 15.5. The first kappa shape index (κ1) is 31.5. The number of nitrogens with zero attached hydrogens (tertiary/aromatic N) is 5. The van der Waals surface area contributed by atoms with Crippen LogP contribution in [0.1, 0.15) is 64.3 Å². The lowest BCUT2D eigenvalue weighted by Gasteiger charge is -2.39. The van der Waals surface area contributed by atoms with Crippen LogP contribution >= 0.6 is 12.2 Å². The number of alkyl halides is 2. The number of aryl methyl sites for hydroxylation is 1. The topological polar surface area (TPSA) is 90.9 Å². The van der Waals surface area contributed by atoms with Gasteiger partial charge in [-0.05, 0) is 57.1 Å². The number of fused-ring (bicyclic) bond motifs is 1. The molecule has 0 aliphatic carbocycles. The Morgan fingerprint density at radius 3 is 2.46 bits per heavy atom. The standard InChI is InChI=1S/C29H32F3N5O3S/c1-7-9-12-40-24-23(8-2)34-25-22(30)14-20(16-36(25)26(24)39)37(28(3,4)17-38)27(41)35(6)19-11-10-18(15-33)21(13-19)29(5,31)32/h10-11,13-14,16-17H,7-9,12H2,1-6H3. The summed E-state index contributed by atoms with van der Waals surface area (Å²) in [7, 11) is 1.49. The van der Waals surface area contributed by atoms with Gasteiger partial charge in [-0.15, -0.1) is 0 Å². The minimum atomic E-state index is -3.31. The Morgan fingerprint density at radius 1 is 1.22 bits per heavy atom. The number of hydrogen-bond acceptors (Lipinski definition) is 6. The Hall–Kier alpha value is -3.98. The van der Waals surface area contributed by atoms with Crippen molar-refractivity contribution in [3.05, 3.63) is 63.5 Å². The third-order valence-corrected chi connectivity index (χ3v) is 7.01. The highest BCUT2D eigenvalue weighted by Gasteiger charge is 2.34. The Bertz CT molecular complexity index is 1580. The van der Waals surface area contributed by atoms with Crippen molar-refractivity contribution in [2.24, 2.45) is 0 Å². The van der Waals surface area contributed by atoms with Crippen molar-refractivity contribution in [2.75, 3.05) is 23.5 Å². The number of pyridine rings is 1. The average Bonchev–Trinajstić information content (AvgIpc) is 2.93. The molecule has 0 N–H and O–H groups in total. The van der Waals surface area contributed by atoms with Gasteiger partial charge in [0.1, 0.15) is 6.29 Å². The number of halogens is 3. The largest absolute Gasteiger partial charge is 0.486 e. The Morgan fingerprint density at radius 2 is 1.90 bits per heavy atom. The van der Waals surface area contributed by atoms with Crippen molar-refractivity contribution in [1.82, 2.24) is 9.38 Å². The predicted octanol–water partition coefficient (Wildman–Crippen LogP) is 5.76. The van der Waals surface area contributed by atoms with E-state index in [9.17, 15) is 23.6 Å². The van der Waals surface area contributed by atoms with Crippen LogP contribution in [0.4, 0.5) is 24.5 Å². The number of carbonyl (C=O) groups excluding carboxylic acids is 1. The molecule has 2 aromatic heterocycles. The highest BCUT2D eigenvalue weighted by atomic mass is 32.1. The van der Waals surface area contributed by atoms with E-state index in [0.717, 1.165) is 23.0 Å². The molecule has 0 aliphatic rings. The molecule has 3 aromatic rings. The number of anilines is 2. The second-order valence-electron chi connectivity index (χ2n) is 10.2. The van der Waals surface area contributed by atoms with Gasteiger partial charge in [0.15, 0.2) is 16.6 Å². The molecule has 8 nitrogen and oxygen atoms in total. The summed E-state index contributed by atoms with van der Waals surface area (Å²) >= 11 is 5.70. The van der Waals surface area contributed by atoms with Crippen molar-refractivity contribution < 1.29 is 22.7 Å². The van der Waals surface area contributed by atoms with E-state index in [1.54, 1.807) is 13.0 Å².